The van der Waals surface area contributed by atoms with Crippen LogP contribution in [-0.4, -0.2) is 6.10 Å². The second-order valence-corrected chi connectivity index (χ2v) is 6.72. The predicted molar refractivity (Wildman–Crippen MR) is 80.0 cm³/mol. The Labute approximate surface area is 121 Å². The molecule has 1 heterocycles. The molecular formula is C17H23ClO. The van der Waals surface area contributed by atoms with Crippen molar-refractivity contribution in [2.24, 2.45) is 5.92 Å². The molecule has 1 saturated carbocycles. The molecule has 2 heteroatoms. The SMILES string of the molecule is CC1Cc2cc(C(Cl)CCC3CCCC3)ccc2O1. The first kappa shape index (κ1) is 13.3. The van der Waals surface area contributed by atoms with Crippen molar-refractivity contribution in [2.45, 2.75) is 63.4 Å². The van der Waals surface area contributed by atoms with E-state index in [4.69, 9.17) is 16.3 Å². The van der Waals surface area contributed by atoms with E-state index in [0.717, 1.165) is 24.5 Å². The Morgan fingerprint density at radius 2 is 2.11 bits per heavy atom. The molecule has 0 spiro atoms. The molecule has 1 nitrogen and oxygen atoms in total. The maximum absolute atomic E-state index is 6.58. The van der Waals surface area contributed by atoms with Crippen LogP contribution in [-0.2, 0) is 6.42 Å². The van der Waals surface area contributed by atoms with Gasteiger partial charge in [0.15, 0.2) is 0 Å². The van der Waals surface area contributed by atoms with Gasteiger partial charge >= 0.3 is 0 Å². The summed E-state index contributed by atoms with van der Waals surface area (Å²) in [5.41, 5.74) is 2.60. The minimum Gasteiger partial charge on any atom is -0.490 e. The van der Waals surface area contributed by atoms with Crippen LogP contribution in [0.15, 0.2) is 18.2 Å². The van der Waals surface area contributed by atoms with E-state index in [1.54, 1.807) is 0 Å². The number of hydrogen-bond acceptors (Lipinski definition) is 1. The van der Waals surface area contributed by atoms with Gasteiger partial charge in [-0.25, -0.2) is 0 Å². The molecule has 0 aromatic heterocycles. The van der Waals surface area contributed by atoms with Gasteiger partial charge in [0.05, 0.1) is 5.38 Å². The van der Waals surface area contributed by atoms with E-state index in [1.807, 2.05) is 0 Å². The summed E-state index contributed by atoms with van der Waals surface area (Å²) in [6, 6.07) is 6.49. The van der Waals surface area contributed by atoms with Gasteiger partial charge in [-0.3, -0.25) is 0 Å². The maximum atomic E-state index is 6.58. The summed E-state index contributed by atoms with van der Waals surface area (Å²) < 4.78 is 5.74. The van der Waals surface area contributed by atoms with Crippen LogP contribution in [0.2, 0.25) is 0 Å². The van der Waals surface area contributed by atoms with Crippen molar-refractivity contribution < 1.29 is 4.74 Å². The first-order chi connectivity index (χ1) is 9.22. The summed E-state index contributed by atoms with van der Waals surface area (Å²) in [5.74, 6) is 1.98. The van der Waals surface area contributed by atoms with Crippen LogP contribution in [0, 0.1) is 5.92 Å². The number of alkyl halides is 1. The van der Waals surface area contributed by atoms with Crippen LogP contribution < -0.4 is 4.74 Å². The average molecular weight is 279 g/mol. The Kier molecular flexibility index (Phi) is 4.02. The molecule has 0 N–H and O–H groups in total. The third kappa shape index (κ3) is 3.08. The topological polar surface area (TPSA) is 9.23 Å². The van der Waals surface area contributed by atoms with Crippen LogP contribution >= 0.6 is 11.6 Å². The summed E-state index contributed by atoms with van der Waals surface area (Å²) in [6.07, 6.45) is 9.42. The number of halogens is 1. The molecule has 19 heavy (non-hydrogen) atoms. The van der Waals surface area contributed by atoms with Gasteiger partial charge in [0.2, 0.25) is 0 Å². The van der Waals surface area contributed by atoms with Gasteiger partial charge in [0, 0.05) is 6.42 Å². The molecule has 1 aromatic rings. The average Bonchev–Trinajstić information content (AvgIpc) is 3.02. The molecule has 0 saturated heterocycles. The molecule has 1 aromatic carbocycles. The quantitative estimate of drug-likeness (QED) is 0.683. The van der Waals surface area contributed by atoms with Crippen molar-refractivity contribution in [2.75, 3.05) is 0 Å². The van der Waals surface area contributed by atoms with Gasteiger partial charge in [-0.1, -0.05) is 37.8 Å². The van der Waals surface area contributed by atoms with E-state index in [1.165, 1.54) is 43.2 Å². The van der Waals surface area contributed by atoms with Crippen molar-refractivity contribution >= 4 is 11.6 Å². The van der Waals surface area contributed by atoms with Crippen LogP contribution in [0.1, 0.15) is 62.0 Å². The van der Waals surface area contributed by atoms with Gasteiger partial charge in [-0.15, -0.1) is 11.6 Å². The normalized spacial score (nSPS) is 24.2. The third-order valence-electron chi connectivity index (χ3n) is 4.58. The summed E-state index contributed by atoms with van der Waals surface area (Å²) in [7, 11) is 0. The minimum atomic E-state index is 0.168. The lowest BCUT2D eigenvalue weighted by molar-refractivity contribution is 0.254. The molecule has 104 valence electrons. The van der Waals surface area contributed by atoms with Gasteiger partial charge in [0.25, 0.3) is 0 Å². The van der Waals surface area contributed by atoms with Crippen LogP contribution in [0.25, 0.3) is 0 Å². The lowest BCUT2D eigenvalue weighted by Crippen LogP contribution is -2.05. The van der Waals surface area contributed by atoms with Crippen LogP contribution in [0.5, 0.6) is 5.75 Å². The number of rotatable bonds is 4. The zero-order chi connectivity index (χ0) is 13.2. The van der Waals surface area contributed by atoms with E-state index in [2.05, 4.69) is 25.1 Å². The molecule has 1 fully saturated rings. The molecule has 2 aliphatic rings. The molecule has 0 radical (unpaired) electrons. The standard InChI is InChI=1S/C17H23ClO/c1-12-10-15-11-14(7-9-17(15)19-12)16(18)8-6-13-4-2-3-5-13/h7,9,11-13,16H,2-6,8,10H2,1H3. The minimum absolute atomic E-state index is 0.168. The lowest BCUT2D eigenvalue weighted by Gasteiger charge is -2.14. The first-order valence-corrected chi connectivity index (χ1v) is 8.09. The highest BCUT2D eigenvalue weighted by Gasteiger charge is 2.21. The second-order valence-electron chi connectivity index (χ2n) is 6.20. The Morgan fingerprint density at radius 1 is 1.32 bits per heavy atom. The van der Waals surface area contributed by atoms with Crippen molar-refractivity contribution in [3.63, 3.8) is 0 Å². The highest BCUT2D eigenvalue weighted by molar-refractivity contribution is 6.20. The van der Waals surface area contributed by atoms with Crippen molar-refractivity contribution in [3.8, 4) is 5.75 Å². The number of benzene rings is 1. The summed E-state index contributed by atoms with van der Waals surface area (Å²) in [4.78, 5) is 0. The van der Waals surface area contributed by atoms with Gasteiger partial charge in [-0.05, 0) is 42.9 Å². The first-order valence-electron chi connectivity index (χ1n) is 7.66. The molecule has 2 unspecified atom stereocenters. The van der Waals surface area contributed by atoms with Gasteiger partial charge < -0.3 is 4.74 Å². The fraction of sp³-hybridized carbons (Fsp3) is 0.647. The number of ether oxygens (including phenoxy) is 1. The van der Waals surface area contributed by atoms with E-state index in [0.29, 0.717) is 6.10 Å². The van der Waals surface area contributed by atoms with E-state index in [-0.39, 0.29) is 5.38 Å². The van der Waals surface area contributed by atoms with E-state index >= 15 is 0 Å². The summed E-state index contributed by atoms with van der Waals surface area (Å²) in [6.45, 7) is 2.12. The van der Waals surface area contributed by atoms with E-state index in [9.17, 15) is 0 Å². The monoisotopic (exact) mass is 278 g/mol. The van der Waals surface area contributed by atoms with Gasteiger partial charge in [-0.2, -0.15) is 0 Å². The molecule has 1 aliphatic carbocycles. The molecule has 0 bridgehead atoms. The number of hydrogen-bond donors (Lipinski definition) is 0. The van der Waals surface area contributed by atoms with Crippen LogP contribution in [0.3, 0.4) is 0 Å². The highest BCUT2D eigenvalue weighted by atomic mass is 35.5. The highest BCUT2D eigenvalue weighted by Crippen LogP contribution is 2.36. The zero-order valence-electron chi connectivity index (χ0n) is 11.7. The van der Waals surface area contributed by atoms with Crippen molar-refractivity contribution in [3.05, 3.63) is 29.3 Å². The Hall–Kier alpha value is -0.690. The largest absolute Gasteiger partial charge is 0.490 e. The Balaban J connectivity index is 1.60. The summed E-state index contributed by atoms with van der Waals surface area (Å²) >= 11 is 6.58. The zero-order valence-corrected chi connectivity index (χ0v) is 12.5. The predicted octanol–water partition coefficient (Wildman–Crippen LogP) is 5.26. The second kappa shape index (κ2) is 5.75. The molecule has 0 amide bonds. The maximum Gasteiger partial charge on any atom is 0.123 e. The molecule has 3 rings (SSSR count). The fourth-order valence-electron chi connectivity index (χ4n) is 3.48. The third-order valence-corrected chi connectivity index (χ3v) is 5.06. The molecule has 1 aliphatic heterocycles. The van der Waals surface area contributed by atoms with Gasteiger partial charge in [0.1, 0.15) is 11.9 Å². The Morgan fingerprint density at radius 3 is 2.89 bits per heavy atom. The van der Waals surface area contributed by atoms with Crippen LogP contribution in [0.4, 0.5) is 0 Å². The van der Waals surface area contributed by atoms with Crippen molar-refractivity contribution in [1.29, 1.82) is 0 Å². The lowest BCUT2D eigenvalue weighted by atomic mass is 9.97. The molecular weight excluding hydrogens is 256 g/mol. The number of fused-ring (bicyclic) bond motifs is 1. The van der Waals surface area contributed by atoms with E-state index < -0.39 is 0 Å². The summed E-state index contributed by atoms with van der Waals surface area (Å²) in [5, 5.41) is 0.168. The Bertz CT molecular complexity index is 437. The van der Waals surface area contributed by atoms with Crippen molar-refractivity contribution in [1.82, 2.24) is 0 Å². The smallest absolute Gasteiger partial charge is 0.123 e. The fourth-order valence-corrected chi connectivity index (χ4v) is 3.75. The molecule has 2 atom stereocenters.